The summed E-state index contributed by atoms with van der Waals surface area (Å²) < 4.78 is 28.4. The molecule has 29 heavy (non-hydrogen) atoms. The molecule has 8 nitrogen and oxygen atoms in total. The number of piperidine rings is 1. The number of carboxylic acid groups (broad SMARTS) is 1. The SMILES string of the molecule is O=C(O)Nc1cncc(-n2ccc3cc(C(=O)N4CCC(F)(F)CC4)cnc32)c1. The zero-order valence-corrected chi connectivity index (χ0v) is 15.2. The van der Waals surface area contributed by atoms with Crippen molar-refractivity contribution in [2.75, 3.05) is 18.4 Å². The molecule has 4 rings (SSSR count). The van der Waals surface area contributed by atoms with Gasteiger partial charge in [-0.25, -0.2) is 18.6 Å². The molecule has 0 radical (unpaired) electrons. The van der Waals surface area contributed by atoms with Gasteiger partial charge in [0.25, 0.3) is 11.8 Å². The first-order chi connectivity index (χ1) is 13.8. The third kappa shape index (κ3) is 3.86. The summed E-state index contributed by atoms with van der Waals surface area (Å²) in [6.07, 6.45) is 4.22. The fourth-order valence-electron chi connectivity index (χ4n) is 3.32. The maximum absolute atomic E-state index is 13.3. The minimum absolute atomic E-state index is 0.0138. The Hall–Kier alpha value is -3.56. The monoisotopic (exact) mass is 401 g/mol. The van der Waals surface area contributed by atoms with E-state index in [-0.39, 0.29) is 31.8 Å². The number of carbonyl (C=O) groups excluding carboxylic acids is 1. The number of aromatic nitrogens is 3. The van der Waals surface area contributed by atoms with E-state index >= 15 is 0 Å². The number of fused-ring (bicyclic) bond motifs is 1. The Kier molecular flexibility index (Phi) is 4.61. The van der Waals surface area contributed by atoms with E-state index in [1.807, 2.05) is 0 Å². The van der Waals surface area contributed by atoms with Gasteiger partial charge in [-0.15, -0.1) is 0 Å². The van der Waals surface area contributed by atoms with Gasteiger partial charge in [-0.1, -0.05) is 0 Å². The second-order valence-corrected chi connectivity index (χ2v) is 6.83. The number of rotatable bonds is 3. The number of nitrogens with one attached hydrogen (secondary N) is 1. The summed E-state index contributed by atoms with van der Waals surface area (Å²) >= 11 is 0. The minimum Gasteiger partial charge on any atom is -0.465 e. The van der Waals surface area contributed by atoms with E-state index in [0.717, 1.165) is 0 Å². The van der Waals surface area contributed by atoms with Gasteiger partial charge in [-0.2, -0.15) is 0 Å². The van der Waals surface area contributed by atoms with Crippen molar-refractivity contribution in [2.24, 2.45) is 0 Å². The van der Waals surface area contributed by atoms with E-state index in [1.54, 1.807) is 35.2 Å². The van der Waals surface area contributed by atoms with Crippen LogP contribution < -0.4 is 5.32 Å². The topological polar surface area (TPSA) is 100 Å². The average Bonchev–Trinajstić information content (AvgIpc) is 3.10. The van der Waals surface area contributed by atoms with Crippen LogP contribution in [0.2, 0.25) is 0 Å². The lowest BCUT2D eigenvalue weighted by Crippen LogP contribution is -2.42. The molecule has 1 aliphatic heterocycles. The predicted octanol–water partition coefficient (Wildman–Crippen LogP) is 3.38. The summed E-state index contributed by atoms with van der Waals surface area (Å²) in [5, 5.41) is 11.8. The zero-order chi connectivity index (χ0) is 20.6. The summed E-state index contributed by atoms with van der Waals surface area (Å²) in [6.45, 7) is 0.0276. The van der Waals surface area contributed by atoms with Gasteiger partial charge in [0, 0.05) is 43.7 Å². The first-order valence-electron chi connectivity index (χ1n) is 8.92. The Morgan fingerprint density at radius 3 is 2.62 bits per heavy atom. The Labute approximate surface area is 163 Å². The molecule has 10 heteroatoms. The Balaban J connectivity index is 1.60. The number of pyridine rings is 2. The van der Waals surface area contributed by atoms with Crippen molar-refractivity contribution in [1.82, 2.24) is 19.4 Å². The van der Waals surface area contributed by atoms with Crippen LogP contribution in [0.25, 0.3) is 16.7 Å². The van der Waals surface area contributed by atoms with Crippen LogP contribution in [0.15, 0.2) is 43.0 Å². The van der Waals surface area contributed by atoms with Gasteiger partial charge in [0.1, 0.15) is 5.65 Å². The molecule has 2 amide bonds. The molecule has 4 heterocycles. The maximum Gasteiger partial charge on any atom is 0.409 e. The van der Waals surface area contributed by atoms with Crippen molar-refractivity contribution in [1.29, 1.82) is 0 Å². The van der Waals surface area contributed by atoms with E-state index in [2.05, 4.69) is 15.3 Å². The first-order valence-corrected chi connectivity index (χ1v) is 8.92. The average molecular weight is 401 g/mol. The van der Waals surface area contributed by atoms with Gasteiger partial charge < -0.3 is 10.0 Å². The quantitative estimate of drug-likeness (QED) is 0.701. The van der Waals surface area contributed by atoms with E-state index in [1.165, 1.54) is 17.3 Å². The molecule has 0 unspecified atom stereocenters. The summed E-state index contributed by atoms with van der Waals surface area (Å²) in [4.78, 5) is 33.2. The fourth-order valence-corrected chi connectivity index (χ4v) is 3.32. The lowest BCUT2D eigenvalue weighted by molar-refractivity contribution is -0.0494. The van der Waals surface area contributed by atoms with Gasteiger partial charge in [-0.3, -0.25) is 19.7 Å². The molecule has 0 saturated carbocycles. The molecule has 3 aromatic heterocycles. The highest BCUT2D eigenvalue weighted by atomic mass is 19.3. The highest BCUT2D eigenvalue weighted by Crippen LogP contribution is 2.29. The number of anilines is 1. The highest BCUT2D eigenvalue weighted by molar-refractivity contribution is 5.97. The molecule has 0 spiro atoms. The second-order valence-electron chi connectivity index (χ2n) is 6.83. The van der Waals surface area contributed by atoms with Crippen LogP contribution in [0, 0.1) is 0 Å². The van der Waals surface area contributed by atoms with Crippen molar-refractivity contribution >= 4 is 28.7 Å². The molecule has 3 aromatic rings. The van der Waals surface area contributed by atoms with Gasteiger partial charge >= 0.3 is 6.09 Å². The second kappa shape index (κ2) is 7.12. The highest BCUT2D eigenvalue weighted by Gasteiger charge is 2.35. The fraction of sp³-hybridized carbons (Fsp3) is 0.263. The maximum atomic E-state index is 13.3. The van der Waals surface area contributed by atoms with Crippen LogP contribution in [-0.2, 0) is 0 Å². The number of nitrogens with zero attached hydrogens (tertiary/aromatic N) is 4. The minimum atomic E-state index is -2.71. The van der Waals surface area contributed by atoms with Crippen molar-refractivity contribution in [3.8, 4) is 5.69 Å². The Bertz CT molecular complexity index is 1090. The molecule has 0 aromatic carbocycles. The molecule has 0 bridgehead atoms. The number of carbonyl (C=O) groups is 2. The van der Waals surface area contributed by atoms with Gasteiger partial charge in [0.2, 0.25) is 0 Å². The lowest BCUT2D eigenvalue weighted by Gasteiger charge is -2.31. The summed E-state index contributed by atoms with van der Waals surface area (Å²) in [6, 6.07) is 5.04. The van der Waals surface area contributed by atoms with Crippen LogP contribution in [0.4, 0.5) is 19.3 Å². The number of amides is 2. The molecule has 2 N–H and O–H groups in total. The van der Waals surface area contributed by atoms with Crippen molar-refractivity contribution in [3.05, 3.63) is 48.5 Å². The molecule has 0 aliphatic carbocycles. The molecule has 150 valence electrons. The summed E-state index contributed by atoms with van der Waals surface area (Å²) in [7, 11) is 0. The summed E-state index contributed by atoms with van der Waals surface area (Å²) in [5.41, 5.74) is 1.79. The van der Waals surface area contributed by atoms with E-state index in [9.17, 15) is 18.4 Å². The molecule has 1 fully saturated rings. The first kappa shape index (κ1) is 18.8. The van der Waals surface area contributed by atoms with Crippen LogP contribution in [-0.4, -0.2) is 55.6 Å². The standard InChI is InChI=1S/C19H17F2N5O3/c20-19(21)2-5-25(6-3-19)17(27)13-7-12-1-4-26(16(12)23-9-13)15-8-14(10-22-11-15)24-18(28)29/h1,4,7-11,24H,2-3,5-6H2,(H,28,29). The van der Waals surface area contributed by atoms with Gasteiger partial charge in [0.15, 0.2) is 0 Å². The smallest absolute Gasteiger partial charge is 0.409 e. The Morgan fingerprint density at radius 2 is 1.90 bits per heavy atom. The van der Waals surface area contributed by atoms with E-state index in [0.29, 0.717) is 28.0 Å². The molecule has 1 aliphatic rings. The predicted molar refractivity (Wildman–Crippen MR) is 101 cm³/mol. The molecule has 0 atom stereocenters. The number of hydrogen-bond acceptors (Lipinski definition) is 4. The zero-order valence-electron chi connectivity index (χ0n) is 15.2. The molecular weight excluding hydrogens is 384 g/mol. The van der Waals surface area contributed by atoms with Crippen molar-refractivity contribution in [3.63, 3.8) is 0 Å². The number of hydrogen-bond donors (Lipinski definition) is 2. The van der Waals surface area contributed by atoms with Crippen LogP contribution in [0.1, 0.15) is 23.2 Å². The molecule has 1 saturated heterocycles. The molecular formula is C19H17F2N5O3. The lowest BCUT2D eigenvalue weighted by atomic mass is 10.1. The van der Waals surface area contributed by atoms with Crippen molar-refractivity contribution in [2.45, 2.75) is 18.8 Å². The van der Waals surface area contributed by atoms with Crippen LogP contribution >= 0.6 is 0 Å². The van der Waals surface area contributed by atoms with Crippen LogP contribution in [0.5, 0.6) is 0 Å². The number of likely N-dealkylation sites (tertiary alicyclic amines) is 1. The largest absolute Gasteiger partial charge is 0.465 e. The van der Waals surface area contributed by atoms with E-state index in [4.69, 9.17) is 5.11 Å². The Morgan fingerprint density at radius 1 is 1.14 bits per heavy atom. The number of halogens is 2. The third-order valence-corrected chi connectivity index (χ3v) is 4.81. The number of alkyl halides is 2. The van der Waals surface area contributed by atoms with E-state index < -0.39 is 12.0 Å². The van der Waals surface area contributed by atoms with Gasteiger partial charge in [0.05, 0.1) is 29.3 Å². The summed E-state index contributed by atoms with van der Waals surface area (Å²) in [5.74, 6) is -3.04. The van der Waals surface area contributed by atoms with Crippen LogP contribution in [0.3, 0.4) is 0 Å². The van der Waals surface area contributed by atoms with Crippen molar-refractivity contribution < 1.29 is 23.5 Å². The third-order valence-electron chi connectivity index (χ3n) is 4.81. The van der Waals surface area contributed by atoms with Gasteiger partial charge in [-0.05, 0) is 18.2 Å². The normalized spacial score (nSPS) is 16.0.